The van der Waals surface area contributed by atoms with Gasteiger partial charge in [-0.15, -0.1) is 24.0 Å². The smallest absolute Gasteiger partial charge is 0.224 e. The number of guanidine groups is 1. The number of halogens is 1. The molecule has 0 saturated carbocycles. The minimum atomic E-state index is 0. The van der Waals surface area contributed by atoms with Crippen molar-refractivity contribution in [3.8, 4) is 0 Å². The van der Waals surface area contributed by atoms with Gasteiger partial charge >= 0.3 is 0 Å². The maximum atomic E-state index is 11.9. The largest absolute Gasteiger partial charge is 0.357 e. The van der Waals surface area contributed by atoms with Crippen molar-refractivity contribution in [1.29, 1.82) is 0 Å². The summed E-state index contributed by atoms with van der Waals surface area (Å²) in [7, 11) is 0. The van der Waals surface area contributed by atoms with Crippen LogP contribution in [0.5, 0.6) is 0 Å². The van der Waals surface area contributed by atoms with E-state index in [1.807, 2.05) is 32.0 Å². The molecule has 6 heteroatoms. The highest BCUT2D eigenvalue weighted by Crippen LogP contribution is 2.14. The van der Waals surface area contributed by atoms with E-state index < -0.39 is 0 Å². The Labute approximate surface area is 168 Å². The lowest BCUT2D eigenvalue weighted by Crippen LogP contribution is -2.39. The molecule has 0 unspecified atom stereocenters. The first-order valence-electron chi connectivity index (χ1n) is 9.00. The molecule has 0 radical (unpaired) electrons. The topological polar surface area (TPSA) is 56.7 Å². The summed E-state index contributed by atoms with van der Waals surface area (Å²) in [6, 6.07) is 7.96. The molecule has 0 spiro atoms. The van der Waals surface area contributed by atoms with E-state index >= 15 is 0 Å². The third-order valence-corrected chi connectivity index (χ3v) is 3.96. The molecule has 1 heterocycles. The maximum Gasteiger partial charge on any atom is 0.224 e. The number of carbonyl (C=O) groups excluding carboxylic acids is 1. The van der Waals surface area contributed by atoms with E-state index in [1.165, 1.54) is 12.8 Å². The fourth-order valence-electron chi connectivity index (χ4n) is 2.85. The monoisotopic (exact) mass is 458 g/mol. The molecule has 5 nitrogen and oxygen atoms in total. The van der Waals surface area contributed by atoms with Gasteiger partial charge < -0.3 is 15.5 Å². The lowest BCUT2D eigenvalue weighted by Gasteiger charge is -2.20. The molecule has 1 aromatic carbocycles. The van der Waals surface area contributed by atoms with Crippen molar-refractivity contribution in [2.75, 3.05) is 25.0 Å². The van der Waals surface area contributed by atoms with E-state index in [0.29, 0.717) is 18.9 Å². The Kier molecular flexibility index (Phi) is 9.85. The van der Waals surface area contributed by atoms with E-state index in [4.69, 9.17) is 4.99 Å². The molecule has 1 aromatic rings. The number of rotatable bonds is 6. The number of benzene rings is 1. The molecular formula is C19H31IN4O. The first kappa shape index (κ1) is 21.7. The fraction of sp³-hybridized carbons (Fsp3) is 0.579. The maximum absolute atomic E-state index is 11.9. The fourth-order valence-corrected chi connectivity index (χ4v) is 2.85. The highest BCUT2D eigenvalue weighted by molar-refractivity contribution is 14.0. The molecule has 25 heavy (non-hydrogen) atoms. The SMILES string of the molecule is CCNC(=NCc1cccc(NC(=O)CC(C)C)c1)N1CCCC1.I. The lowest BCUT2D eigenvalue weighted by atomic mass is 10.1. The summed E-state index contributed by atoms with van der Waals surface area (Å²) < 4.78 is 0. The molecule has 1 aliphatic rings. The van der Waals surface area contributed by atoms with Crippen LogP contribution in [0, 0.1) is 5.92 Å². The van der Waals surface area contributed by atoms with Gasteiger partial charge in [0.05, 0.1) is 6.54 Å². The highest BCUT2D eigenvalue weighted by atomic mass is 127. The number of carbonyl (C=O) groups is 1. The first-order chi connectivity index (χ1) is 11.6. The highest BCUT2D eigenvalue weighted by Gasteiger charge is 2.15. The van der Waals surface area contributed by atoms with Gasteiger partial charge in [-0.2, -0.15) is 0 Å². The van der Waals surface area contributed by atoms with Crippen LogP contribution in [0.25, 0.3) is 0 Å². The van der Waals surface area contributed by atoms with Crippen molar-refractivity contribution < 1.29 is 4.79 Å². The average molecular weight is 458 g/mol. The predicted octanol–water partition coefficient (Wildman–Crippen LogP) is 3.85. The third-order valence-electron chi connectivity index (χ3n) is 3.96. The Morgan fingerprint density at radius 2 is 2.00 bits per heavy atom. The molecule has 0 aliphatic carbocycles. The summed E-state index contributed by atoms with van der Waals surface area (Å²) >= 11 is 0. The number of amides is 1. The normalized spacial score (nSPS) is 14.4. The van der Waals surface area contributed by atoms with Gasteiger partial charge in [0.2, 0.25) is 5.91 Å². The van der Waals surface area contributed by atoms with Gasteiger partial charge in [-0.1, -0.05) is 26.0 Å². The van der Waals surface area contributed by atoms with Crippen molar-refractivity contribution in [1.82, 2.24) is 10.2 Å². The Morgan fingerprint density at radius 3 is 2.64 bits per heavy atom. The quantitative estimate of drug-likeness (QED) is 0.387. The van der Waals surface area contributed by atoms with Crippen molar-refractivity contribution in [2.45, 2.75) is 46.6 Å². The Morgan fingerprint density at radius 1 is 1.28 bits per heavy atom. The van der Waals surface area contributed by atoms with Gasteiger partial charge in [0, 0.05) is 31.7 Å². The van der Waals surface area contributed by atoms with E-state index in [-0.39, 0.29) is 29.9 Å². The number of hydrogen-bond acceptors (Lipinski definition) is 2. The number of nitrogens with one attached hydrogen (secondary N) is 2. The van der Waals surface area contributed by atoms with Crippen LogP contribution in [0.1, 0.15) is 45.6 Å². The van der Waals surface area contributed by atoms with Gasteiger partial charge in [-0.05, 0) is 43.4 Å². The van der Waals surface area contributed by atoms with E-state index in [9.17, 15) is 4.79 Å². The van der Waals surface area contributed by atoms with Gasteiger partial charge in [0.25, 0.3) is 0 Å². The van der Waals surface area contributed by atoms with Crippen molar-refractivity contribution in [3.63, 3.8) is 0 Å². The summed E-state index contributed by atoms with van der Waals surface area (Å²) in [5, 5.41) is 6.34. The molecule has 1 aliphatic heterocycles. The molecule has 1 amide bonds. The molecule has 2 rings (SSSR count). The van der Waals surface area contributed by atoms with Crippen LogP contribution >= 0.6 is 24.0 Å². The predicted molar refractivity (Wildman–Crippen MR) is 116 cm³/mol. The lowest BCUT2D eigenvalue weighted by molar-refractivity contribution is -0.116. The average Bonchev–Trinajstić information content (AvgIpc) is 3.05. The minimum Gasteiger partial charge on any atom is -0.357 e. The Bertz CT molecular complexity index is 568. The van der Waals surface area contributed by atoms with Crippen LogP contribution in [0.2, 0.25) is 0 Å². The van der Waals surface area contributed by atoms with Gasteiger partial charge in [-0.3, -0.25) is 4.79 Å². The third kappa shape index (κ3) is 7.63. The zero-order chi connectivity index (χ0) is 17.4. The van der Waals surface area contributed by atoms with Crippen LogP contribution < -0.4 is 10.6 Å². The van der Waals surface area contributed by atoms with Crippen LogP contribution in [0.15, 0.2) is 29.3 Å². The first-order valence-corrected chi connectivity index (χ1v) is 9.00. The summed E-state index contributed by atoms with van der Waals surface area (Å²) in [4.78, 5) is 19.0. The molecule has 0 bridgehead atoms. The zero-order valence-electron chi connectivity index (χ0n) is 15.5. The molecule has 0 aromatic heterocycles. The van der Waals surface area contributed by atoms with Crippen LogP contribution in [0.3, 0.4) is 0 Å². The molecule has 1 fully saturated rings. The van der Waals surface area contributed by atoms with E-state index in [1.54, 1.807) is 0 Å². The second kappa shape index (κ2) is 11.3. The van der Waals surface area contributed by atoms with Crippen molar-refractivity contribution in [3.05, 3.63) is 29.8 Å². The number of anilines is 1. The van der Waals surface area contributed by atoms with Gasteiger partial charge in [0.15, 0.2) is 5.96 Å². The number of aliphatic imine (C=N–C) groups is 1. The van der Waals surface area contributed by atoms with Crippen LogP contribution in [0.4, 0.5) is 5.69 Å². The second-order valence-corrected chi connectivity index (χ2v) is 6.71. The summed E-state index contributed by atoms with van der Waals surface area (Å²) in [5.41, 5.74) is 1.95. The van der Waals surface area contributed by atoms with E-state index in [0.717, 1.165) is 36.8 Å². The molecule has 140 valence electrons. The van der Waals surface area contributed by atoms with Gasteiger partial charge in [0.1, 0.15) is 0 Å². The van der Waals surface area contributed by atoms with Crippen molar-refractivity contribution >= 4 is 41.5 Å². The number of likely N-dealkylation sites (tertiary alicyclic amines) is 1. The zero-order valence-corrected chi connectivity index (χ0v) is 17.9. The summed E-state index contributed by atoms with van der Waals surface area (Å²) in [6.45, 7) is 9.84. The van der Waals surface area contributed by atoms with Crippen LogP contribution in [-0.4, -0.2) is 36.4 Å². The molecule has 2 N–H and O–H groups in total. The Hall–Kier alpha value is -1.31. The second-order valence-electron chi connectivity index (χ2n) is 6.71. The number of nitrogens with zero attached hydrogens (tertiary/aromatic N) is 2. The summed E-state index contributed by atoms with van der Waals surface area (Å²) in [5.74, 6) is 1.42. The number of hydrogen-bond donors (Lipinski definition) is 2. The van der Waals surface area contributed by atoms with Crippen LogP contribution in [-0.2, 0) is 11.3 Å². The van der Waals surface area contributed by atoms with E-state index in [2.05, 4.69) is 28.5 Å². The summed E-state index contributed by atoms with van der Waals surface area (Å²) in [6.07, 6.45) is 3.02. The Balaban J connectivity index is 0.00000312. The standard InChI is InChI=1S/C19H30N4O.HI/c1-4-20-19(23-10-5-6-11-23)21-14-16-8-7-9-17(13-16)22-18(24)12-15(2)3;/h7-9,13,15H,4-6,10-12,14H2,1-3H3,(H,20,21)(H,22,24);1H. The van der Waals surface area contributed by atoms with Crippen molar-refractivity contribution in [2.24, 2.45) is 10.9 Å². The molecule has 0 atom stereocenters. The molecule has 1 saturated heterocycles. The minimum absolute atomic E-state index is 0. The molecular weight excluding hydrogens is 427 g/mol. The van der Waals surface area contributed by atoms with Gasteiger partial charge in [-0.25, -0.2) is 4.99 Å².